The summed E-state index contributed by atoms with van der Waals surface area (Å²) >= 11 is 0. The van der Waals surface area contributed by atoms with E-state index in [1.807, 2.05) is 0 Å². The van der Waals surface area contributed by atoms with Gasteiger partial charge in [-0.1, -0.05) is 0 Å². The van der Waals surface area contributed by atoms with Gasteiger partial charge in [0.05, 0.1) is 20.3 Å². The van der Waals surface area contributed by atoms with Gasteiger partial charge in [-0.15, -0.1) is 0 Å². The molecule has 0 aliphatic heterocycles. The molecule has 0 fully saturated rings. The quantitative estimate of drug-likeness (QED) is 0.471. The standard InChI is InChI=1S/C6H11N2/c1-3-8-5-4-7(2)6-8/h4-6H,3H2,1-2H3/q+1/i1D3,2D3,3D2. The maximum absolute atomic E-state index is 7.41. The van der Waals surface area contributed by atoms with E-state index in [1.54, 1.807) is 0 Å². The average Bonchev–Trinajstić information content (AvgIpc) is 2.47. The van der Waals surface area contributed by atoms with Crippen LogP contribution in [-0.4, -0.2) is 4.57 Å². The first-order chi connectivity index (χ1) is 6.96. The van der Waals surface area contributed by atoms with E-state index < -0.39 is 20.3 Å². The normalized spacial score (nSPS) is 29.5. The van der Waals surface area contributed by atoms with E-state index in [9.17, 15) is 0 Å². The second-order valence-electron chi connectivity index (χ2n) is 1.34. The molecule has 0 bridgehead atoms. The van der Waals surface area contributed by atoms with Crippen molar-refractivity contribution in [2.75, 3.05) is 0 Å². The van der Waals surface area contributed by atoms with Crippen LogP contribution < -0.4 is 4.57 Å². The van der Waals surface area contributed by atoms with E-state index in [4.69, 9.17) is 11.0 Å². The van der Waals surface area contributed by atoms with Crippen LogP contribution in [-0.2, 0) is 13.5 Å². The molecule has 0 amide bonds. The van der Waals surface area contributed by atoms with Crippen LogP contribution in [0.1, 0.15) is 17.8 Å². The van der Waals surface area contributed by atoms with Crippen molar-refractivity contribution in [3.05, 3.63) is 18.7 Å². The van der Waals surface area contributed by atoms with Crippen LogP contribution in [0.3, 0.4) is 0 Å². The van der Waals surface area contributed by atoms with Gasteiger partial charge in [0, 0.05) is 4.11 Å². The molecule has 44 valence electrons. The van der Waals surface area contributed by atoms with Crippen LogP contribution in [0.5, 0.6) is 0 Å². The van der Waals surface area contributed by atoms with Gasteiger partial charge in [-0.3, -0.25) is 0 Å². The maximum atomic E-state index is 7.41. The predicted molar refractivity (Wildman–Crippen MR) is 31.3 cm³/mol. The van der Waals surface area contributed by atoms with E-state index in [0.717, 1.165) is 27.9 Å². The van der Waals surface area contributed by atoms with Crippen molar-refractivity contribution in [3.63, 3.8) is 0 Å². The first-order valence-electron chi connectivity index (χ1n) is 6.06. The SMILES string of the molecule is [2H]C([2H])([2H])[n+]1ccn(C([2H])([2H])C([2H])([2H])[2H])c1. The number of hydrogen-bond acceptors (Lipinski definition) is 0. The Kier molecular flexibility index (Phi) is 0.299. The molecule has 0 unspecified atom stereocenters. The Bertz CT molecular complexity index is 373. The van der Waals surface area contributed by atoms with Crippen LogP contribution >= 0.6 is 0 Å². The molecule has 0 aliphatic carbocycles. The molecular weight excluding hydrogens is 100 g/mol. The highest BCUT2D eigenvalue weighted by Crippen LogP contribution is 1.79. The summed E-state index contributed by atoms with van der Waals surface area (Å²) in [6.45, 7) is -7.95. The summed E-state index contributed by atoms with van der Waals surface area (Å²) in [7, 11) is 0. The summed E-state index contributed by atoms with van der Waals surface area (Å²) in [4.78, 5) is 0. The minimum atomic E-state index is -2.86. The highest BCUT2D eigenvalue weighted by molar-refractivity contribution is 4.63. The Labute approximate surface area is 60.6 Å². The predicted octanol–water partition coefficient (Wildman–Crippen LogP) is 0.333. The van der Waals surface area contributed by atoms with Crippen molar-refractivity contribution in [2.45, 2.75) is 13.3 Å². The summed E-state index contributed by atoms with van der Waals surface area (Å²) in [5, 5.41) is 0. The first-order valence-corrected chi connectivity index (χ1v) is 2.06. The Balaban J connectivity index is 3.13. The van der Waals surface area contributed by atoms with Gasteiger partial charge in [0.1, 0.15) is 12.4 Å². The third-order valence-corrected chi connectivity index (χ3v) is 0.766. The lowest BCUT2D eigenvalue weighted by Crippen LogP contribution is -2.23. The molecule has 2 heteroatoms. The maximum Gasteiger partial charge on any atom is 0.243 e. The lowest BCUT2D eigenvalue weighted by molar-refractivity contribution is -0.671. The lowest BCUT2D eigenvalue weighted by Gasteiger charge is -1.81. The number of nitrogens with zero attached hydrogens (tertiary/aromatic N) is 2. The Morgan fingerprint density at radius 3 is 3.62 bits per heavy atom. The fourth-order valence-electron chi connectivity index (χ4n) is 0.421. The zero-order chi connectivity index (χ0) is 12.8. The van der Waals surface area contributed by atoms with E-state index in [2.05, 4.69) is 0 Å². The Morgan fingerprint density at radius 1 is 2.00 bits per heavy atom. The molecule has 0 saturated carbocycles. The van der Waals surface area contributed by atoms with Gasteiger partial charge in [-0.05, 0) is 6.85 Å². The van der Waals surface area contributed by atoms with Crippen molar-refractivity contribution in [1.82, 2.24) is 4.57 Å². The highest BCUT2D eigenvalue weighted by atomic mass is 15.1. The van der Waals surface area contributed by atoms with Crippen LogP contribution in [0.2, 0.25) is 0 Å². The third kappa shape index (κ3) is 0.886. The van der Waals surface area contributed by atoms with Crippen molar-refractivity contribution < 1.29 is 15.5 Å². The molecule has 0 radical (unpaired) electrons. The van der Waals surface area contributed by atoms with Gasteiger partial charge in [0.15, 0.2) is 0 Å². The molecule has 0 saturated heterocycles. The second kappa shape index (κ2) is 1.99. The van der Waals surface area contributed by atoms with Crippen LogP contribution in [0.4, 0.5) is 0 Å². The van der Waals surface area contributed by atoms with Crippen molar-refractivity contribution >= 4 is 0 Å². The van der Waals surface area contributed by atoms with E-state index in [1.165, 1.54) is 0 Å². The van der Waals surface area contributed by atoms with Gasteiger partial charge >= 0.3 is 0 Å². The molecule has 0 aliphatic rings. The number of aryl methyl sites for hydroxylation is 2. The minimum absolute atomic E-state index is 0.729. The number of aromatic nitrogens is 2. The topological polar surface area (TPSA) is 8.81 Å². The van der Waals surface area contributed by atoms with Crippen LogP contribution in [0, 0.1) is 0 Å². The van der Waals surface area contributed by atoms with E-state index in [-0.39, 0.29) is 0 Å². The molecule has 1 heterocycles. The van der Waals surface area contributed by atoms with Gasteiger partial charge in [-0.2, -0.15) is 0 Å². The molecule has 1 aromatic rings. The molecule has 0 spiro atoms. The molecular formula is C6H11N2+. The van der Waals surface area contributed by atoms with E-state index >= 15 is 0 Å². The zero-order valence-electron chi connectivity index (χ0n) is 12.1. The summed E-state index contributed by atoms with van der Waals surface area (Å²) < 4.78 is 58.6. The van der Waals surface area contributed by atoms with E-state index in [0.29, 0.717) is 0 Å². The third-order valence-electron chi connectivity index (χ3n) is 0.766. The monoisotopic (exact) mass is 119 g/mol. The van der Waals surface area contributed by atoms with Crippen LogP contribution in [0.25, 0.3) is 0 Å². The number of imidazole rings is 1. The van der Waals surface area contributed by atoms with Crippen molar-refractivity contribution in [3.8, 4) is 0 Å². The Hall–Kier alpha value is -0.790. The number of rotatable bonds is 1. The molecule has 1 rings (SSSR count). The summed E-state index contributed by atoms with van der Waals surface area (Å²) in [6, 6.07) is 0. The summed E-state index contributed by atoms with van der Waals surface area (Å²) in [5.41, 5.74) is 0. The average molecular weight is 119 g/mol. The smallest absolute Gasteiger partial charge is 0.240 e. The first kappa shape index (κ1) is 1.20. The molecule has 2 nitrogen and oxygen atoms in total. The molecule has 0 N–H and O–H groups in total. The van der Waals surface area contributed by atoms with Crippen molar-refractivity contribution in [1.29, 1.82) is 0 Å². The number of hydrogen-bond donors (Lipinski definition) is 0. The molecule has 8 heavy (non-hydrogen) atoms. The second-order valence-corrected chi connectivity index (χ2v) is 1.34. The molecule has 1 aromatic heterocycles. The fourth-order valence-corrected chi connectivity index (χ4v) is 0.421. The lowest BCUT2D eigenvalue weighted by atomic mass is 10.7. The van der Waals surface area contributed by atoms with Crippen LogP contribution in [0.15, 0.2) is 18.7 Å². The molecule has 0 aromatic carbocycles. The minimum Gasteiger partial charge on any atom is -0.240 e. The van der Waals surface area contributed by atoms with Gasteiger partial charge in [0.25, 0.3) is 0 Å². The largest absolute Gasteiger partial charge is 0.243 e. The van der Waals surface area contributed by atoms with Gasteiger partial charge in [-0.25, -0.2) is 9.13 Å². The summed E-state index contributed by atoms with van der Waals surface area (Å²) in [6.07, 6.45) is 3.11. The zero-order valence-corrected chi connectivity index (χ0v) is 4.13. The highest BCUT2D eigenvalue weighted by Gasteiger charge is 1.92. The molecule has 0 atom stereocenters. The fraction of sp³-hybridized carbons (Fsp3) is 0.500. The van der Waals surface area contributed by atoms with Gasteiger partial charge in [0.2, 0.25) is 6.33 Å². The Morgan fingerprint density at radius 2 is 3.00 bits per heavy atom. The van der Waals surface area contributed by atoms with Gasteiger partial charge < -0.3 is 0 Å². The van der Waals surface area contributed by atoms with Crippen molar-refractivity contribution in [2.24, 2.45) is 6.98 Å². The summed E-state index contributed by atoms with van der Waals surface area (Å²) in [5.74, 6) is 0.